The SMILES string of the molecule is Cc1ccc(O)c(N(C=O)CCCC(=O)O)c1. The second kappa shape index (κ2) is 5.89. The first kappa shape index (κ1) is 13.0. The summed E-state index contributed by atoms with van der Waals surface area (Å²) in [7, 11) is 0. The molecule has 1 aromatic carbocycles. The second-order valence-electron chi connectivity index (χ2n) is 3.79. The number of nitrogens with zero attached hydrogens (tertiary/aromatic N) is 1. The molecule has 0 saturated heterocycles. The van der Waals surface area contributed by atoms with Crippen molar-refractivity contribution in [1.82, 2.24) is 0 Å². The molecule has 0 radical (unpaired) electrons. The van der Waals surface area contributed by atoms with E-state index in [1.54, 1.807) is 12.1 Å². The summed E-state index contributed by atoms with van der Waals surface area (Å²) >= 11 is 0. The van der Waals surface area contributed by atoms with Crippen LogP contribution < -0.4 is 4.90 Å². The number of aromatic hydroxyl groups is 1. The van der Waals surface area contributed by atoms with Crippen LogP contribution in [0.5, 0.6) is 5.75 Å². The van der Waals surface area contributed by atoms with Crippen molar-refractivity contribution in [2.75, 3.05) is 11.4 Å². The number of aryl methyl sites for hydroxylation is 1. The molecule has 0 saturated carbocycles. The van der Waals surface area contributed by atoms with Gasteiger partial charge < -0.3 is 15.1 Å². The Kier molecular flexibility index (Phi) is 4.51. The number of hydrogen-bond acceptors (Lipinski definition) is 3. The van der Waals surface area contributed by atoms with E-state index in [-0.39, 0.29) is 18.7 Å². The zero-order valence-corrected chi connectivity index (χ0v) is 9.59. The van der Waals surface area contributed by atoms with Crippen molar-refractivity contribution in [2.45, 2.75) is 19.8 Å². The third-order valence-electron chi connectivity index (χ3n) is 2.36. The first-order chi connectivity index (χ1) is 8.04. The molecular formula is C12H15NO4. The maximum absolute atomic E-state index is 10.9. The fourth-order valence-corrected chi connectivity index (χ4v) is 1.49. The van der Waals surface area contributed by atoms with Crippen LogP contribution >= 0.6 is 0 Å². The molecule has 5 nitrogen and oxygen atoms in total. The zero-order chi connectivity index (χ0) is 12.8. The number of benzene rings is 1. The van der Waals surface area contributed by atoms with Crippen LogP contribution in [0.2, 0.25) is 0 Å². The Morgan fingerprint density at radius 3 is 2.76 bits per heavy atom. The maximum Gasteiger partial charge on any atom is 0.303 e. The van der Waals surface area contributed by atoms with E-state index in [2.05, 4.69) is 0 Å². The highest BCUT2D eigenvalue weighted by Gasteiger charge is 2.10. The van der Waals surface area contributed by atoms with Crippen molar-refractivity contribution in [3.05, 3.63) is 23.8 Å². The van der Waals surface area contributed by atoms with Gasteiger partial charge in [-0.25, -0.2) is 0 Å². The Balaban J connectivity index is 2.75. The molecule has 1 rings (SSSR count). The molecule has 0 aliphatic carbocycles. The van der Waals surface area contributed by atoms with E-state index in [1.807, 2.05) is 6.92 Å². The summed E-state index contributed by atoms with van der Waals surface area (Å²) < 4.78 is 0. The lowest BCUT2D eigenvalue weighted by atomic mass is 10.2. The van der Waals surface area contributed by atoms with E-state index in [0.717, 1.165) is 5.56 Å². The number of phenols is 1. The lowest BCUT2D eigenvalue weighted by Gasteiger charge is -2.18. The van der Waals surface area contributed by atoms with Gasteiger partial charge in [0.1, 0.15) is 5.75 Å². The number of carboxylic acid groups (broad SMARTS) is 1. The predicted molar refractivity (Wildman–Crippen MR) is 63.1 cm³/mol. The Hall–Kier alpha value is -2.04. The first-order valence-corrected chi connectivity index (χ1v) is 5.28. The quantitative estimate of drug-likeness (QED) is 0.735. The Labute approximate surface area is 99.3 Å². The summed E-state index contributed by atoms with van der Waals surface area (Å²) in [5.74, 6) is -0.887. The molecule has 2 N–H and O–H groups in total. The fraction of sp³-hybridized carbons (Fsp3) is 0.333. The Morgan fingerprint density at radius 2 is 2.18 bits per heavy atom. The van der Waals surface area contributed by atoms with Gasteiger partial charge in [0, 0.05) is 13.0 Å². The van der Waals surface area contributed by atoms with Crippen molar-refractivity contribution in [1.29, 1.82) is 0 Å². The number of phenolic OH excluding ortho intramolecular Hbond substituents is 1. The van der Waals surface area contributed by atoms with Crippen LogP contribution in [0, 0.1) is 6.92 Å². The normalized spacial score (nSPS) is 9.94. The monoisotopic (exact) mass is 237 g/mol. The molecule has 0 aliphatic rings. The molecule has 0 aliphatic heterocycles. The van der Waals surface area contributed by atoms with Gasteiger partial charge in [-0.05, 0) is 31.0 Å². The lowest BCUT2D eigenvalue weighted by molar-refractivity contribution is -0.137. The maximum atomic E-state index is 10.9. The van der Waals surface area contributed by atoms with Crippen LogP contribution in [0.1, 0.15) is 18.4 Å². The molecule has 17 heavy (non-hydrogen) atoms. The highest BCUT2D eigenvalue weighted by Crippen LogP contribution is 2.27. The van der Waals surface area contributed by atoms with Crippen molar-refractivity contribution < 1.29 is 19.8 Å². The number of hydrogen-bond donors (Lipinski definition) is 2. The molecule has 1 amide bonds. The average molecular weight is 237 g/mol. The van der Waals surface area contributed by atoms with E-state index in [9.17, 15) is 14.7 Å². The number of amides is 1. The van der Waals surface area contributed by atoms with Crippen molar-refractivity contribution >= 4 is 18.1 Å². The van der Waals surface area contributed by atoms with Crippen LogP contribution in [0.15, 0.2) is 18.2 Å². The smallest absolute Gasteiger partial charge is 0.303 e. The van der Waals surface area contributed by atoms with Crippen LogP contribution in [-0.2, 0) is 9.59 Å². The zero-order valence-electron chi connectivity index (χ0n) is 9.59. The minimum atomic E-state index is -0.899. The molecular weight excluding hydrogens is 222 g/mol. The molecule has 0 atom stereocenters. The predicted octanol–water partition coefficient (Wildman–Crippen LogP) is 1.53. The molecule has 92 valence electrons. The van der Waals surface area contributed by atoms with Crippen molar-refractivity contribution in [3.63, 3.8) is 0 Å². The van der Waals surface area contributed by atoms with E-state index in [4.69, 9.17) is 5.11 Å². The topological polar surface area (TPSA) is 77.8 Å². The van der Waals surface area contributed by atoms with Crippen molar-refractivity contribution in [3.8, 4) is 5.75 Å². The number of carbonyl (C=O) groups is 2. The largest absolute Gasteiger partial charge is 0.506 e. The number of aliphatic carboxylic acids is 1. The summed E-state index contributed by atoms with van der Waals surface area (Å²) in [4.78, 5) is 22.6. The number of carboxylic acids is 1. The van der Waals surface area contributed by atoms with Gasteiger partial charge in [0.2, 0.25) is 6.41 Å². The third kappa shape index (κ3) is 3.79. The molecule has 0 heterocycles. The molecule has 0 unspecified atom stereocenters. The minimum Gasteiger partial charge on any atom is -0.506 e. The van der Waals surface area contributed by atoms with Gasteiger partial charge in [-0.15, -0.1) is 0 Å². The fourth-order valence-electron chi connectivity index (χ4n) is 1.49. The van der Waals surface area contributed by atoms with E-state index < -0.39 is 5.97 Å². The van der Waals surface area contributed by atoms with Crippen molar-refractivity contribution in [2.24, 2.45) is 0 Å². The number of carbonyl (C=O) groups excluding carboxylic acids is 1. The minimum absolute atomic E-state index is 0.00306. The Morgan fingerprint density at radius 1 is 1.47 bits per heavy atom. The summed E-state index contributed by atoms with van der Waals surface area (Å²) in [6.07, 6.45) is 0.939. The molecule has 5 heteroatoms. The van der Waals surface area contributed by atoms with Crippen LogP contribution in [0.4, 0.5) is 5.69 Å². The summed E-state index contributed by atoms with van der Waals surface area (Å²) in [6, 6.07) is 4.93. The molecule has 0 fully saturated rings. The van der Waals surface area contributed by atoms with E-state index in [1.165, 1.54) is 11.0 Å². The second-order valence-corrected chi connectivity index (χ2v) is 3.79. The van der Waals surface area contributed by atoms with Gasteiger partial charge in [-0.1, -0.05) is 6.07 Å². The number of rotatable bonds is 6. The summed E-state index contributed by atoms with van der Waals surface area (Å²) in [5, 5.41) is 18.1. The Bertz CT molecular complexity index is 417. The highest BCUT2D eigenvalue weighted by molar-refractivity contribution is 5.79. The lowest BCUT2D eigenvalue weighted by Crippen LogP contribution is -2.23. The van der Waals surface area contributed by atoms with Crippen LogP contribution in [0.3, 0.4) is 0 Å². The summed E-state index contributed by atoms with van der Waals surface area (Å²) in [5.41, 5.74) is 1.33. The molecule has 1 aromatic rings. The van der Waals surface area contributed by atoms with Gasteiger partial charge in [0.05, 0.1) is 5.69 Å². The summed E-state index contributed by atoms with van der Waals surface area (Å²) in [6.45, 7) is 2.12. The van der Waals surface area contributed by atoms with Gasteiger partial charge >= 0.3 is 5.97 Å². The van der Waals surface area contributed by atoms with Gasteiger partial charge in [-0.2, -0.15) is 0 Å². The van der Waals surface area contributed by atoms with Gasteiger partial charge in [0.15, 0.2) is 0 Å². The molecule has 0 bridgehead atoms. The van der Waals surface area contributed by atoms with E-state index >= 15 is 0 Å². The number of anilines is 1. The van der Waals surface area contributed by atoms with Gasteiger partial charge in [0.25, 0.3) is 0 Å². The van der Waals surface area contributed by atoms with Gasteiger partial charge in [-0.3, -0.25) is 9.59 Å². The molecule has 0 spiro atoms. The van der Waals surface area contributed by atoms with Crippen LogP contribution in [-0.4, -0.2) is 29.1 Å². The standard InChI is InChI=1S/C12H15NO4/c1-9-4-5-11(15)10(7-9)13(8-14)6-2-3-12(16)17/h4-5,7-8,15H,2-3,6H2,1H3,(H,16,17). The average Bonchev–Trinajstić information content (AvgIpc) is 2.28. The van der Waals surface area contributed by atoms with Crippen LogP contribution in [0.25, 0.3) is 0 Å². The van der Waals surface area contributed by atoms with E-state index in [0.29, 0.717) is 18.5 Å². The third-order valence-corrected chi connectivity index (χ3v) is 2.36. The first-order valence-electron chi connectivity index (χ1n) is 5.28. The molecule has 0 aromatic heterocycles. The highest BCUT2D eigenvalue weighted by atomic mass is 16.4.